The zero-order valence-corrected chi connectivity index (χ0v) is 16.4. The highest BCUT2D eigenvalue weighted by Gasteiger charge is 2.06. The Kier molecular flexibility index (Phi) is 8.23. The SMILES string of the molecule is COc1ccc(CNC(=O)CNC(=O)NCCc2cc(Cl)cc(Cl)c2)cc1. The molecule has 0 saturated heterocycles. The number of methoxy groups -OCH3 is 1. The van der Waals surface area contributed by atoms with Gasteiger partial charge in [-0.1, -0.05) is 35.3 Å². The molecule has 0 aliphatic heterocycles. The second kappa shape index (κ2) is 10.6. The number of hydrogen-bond acceptors (Lipinski definition) is 3. The van der Waals surface area contributed by atoms with Gasteiger partial charge in [-0.3, -0.25) is 4.79 Å². The predicted octanol–water partition coefficient (Wildman–Crippen LogP) is 3.16. The number of amides is 3. The Hall–Kier alpha value is -2.44. The van der Waals surface area contributed by atoms with Crippen molar-refractivity contribution in [2.24, 2.45) is 0 Å². The first-order valence-corrected chi connectivity index (χ1v) is 9.08. The lowest BCUT2D eigenvalue weighted by molar-refractivity contribution is -0.120. The minimum atomic E-state index is -0.414. The zero-order chi connectivity index (χ0) is 19.6. The van der Waals surface area contributed by atoms with E-state index in [9.17, 15) is 9.59 Å². The largest absolute Gasteiger partial charge is 0.497 e. The Bertz CT molecular complexity index is 762. The Labute approximate surface area is 168 Å². The molecule has 2 aromatic carbocycles. The molecule has 0 aliphatic carbocycles. The van der Waals surface area contributed by atoms with Gasteiger partial charge < -0.3 is 20.7 Å². The number of urea groups is 1. The number of hydrogen-bond donors (Lipinski definition) is 3. The van der Waals surface area contributed by atoms with Gasteiger partial charge in [-0.25, -0.2) is 4.79 Å². The first-order valence-electron chi connectivity index (χ1n) is 8.32. The molecule has 6 nitrogen and oxygen atoms in total. The van der Waals surface area contributed by atoms with Crippen molar-refractivity contribution in [2.45, 2.75) is 13.0 Å². The fourth-order valence-electron chi connectivity index (χ4n) is 2.31. The van der Waals surface area contributed by atoms with Crippen LogP contribution in [0.1, 0.15) is 11.1 Å². The summed E-state index contributed by atoms with van der Waals surface area (Å²) in [5.74, 6) is 0.478. The Morgan fingerprint density at radius 2 is 1.59 bits per heavy atom. The second-order valence-electron chi connectivity index (χ2n) is 5.76. The molecule has 0 fully saturated rings. The molecular weight excluding hydrogens is 389 g/mol. The van der Waals surface area contributed by atoms with Crippen molar-refractivity contribution in [1.29, 1.82) is 0 Å². The van der Waals surface area contributed by atoms with Crippen molar-refractivity contribution in [3.05, 3.63) is 63.6 Å². The number of carbonyl (C=O) groups is 2. The molecule has 27 heavy (non-hydrogen) atoms. The van der Waals surface area contributed by atoms with Gasteiger partial charge in [-0.15, -0.1) is 0 Å². The molecule has 144 valence electrons. The number of ether oxygens (including phenoxy) is 1. The molecule has 0 aromatic heterocycles. The van der Waals surface area contributed by atoms with E-state index in [0.29, 0.717) is 29.6 Å². The van der Waals surface area contributed by atoms with Crippen LogP contribution in [0.3, 0.4) is 0 Å². The molecule has 0 spiro atoms. The average Bonchev–Trinajstić information content (AvgIpc) is 2.64. The molecule has 0 unspecified atom stereocenters. The highest BCUT2D eigenvalue weighted by Crippen LogP contribution is 2.19. The van der Waals surface area contributed by atoms with Gasteiger partial charge in [0.15, 0.2) is 0 Å². The molecule has 2 rings (SSSR count). The van der Waals surface area contributed by atoms with E-state index >= 15 is 0 Å². The monoisotopic (exact) mass is 409 g/mol. The average molecular weight is 410 g/mol. The fourth-order valence-corrected chi connectivity index (χ4v) is 2.88. The van der Waals surface area contributed by atoms with Crippen LogP contribution in [0.25, 0.3) is 0 Å². The Morgan fingerprint density at radius 3 is 2.22 bits per heavy atom. The molecule has 0 saturated carbocycles. The van der Waals surface area contributed by atoms with Crippen LogP contribution in [0.15, 0.2) is 42.5 Å². The number of halogens is 2. The van der Waals surface area contributed by atoms with Crippen LogP contribution in [0.5, 0.6) is 5.75 Å². The molecule has 0 bridgehead atoms. The maximum Gasteiger partial charge on any atom is 0.315 e. The minimum absolute atomic E-state index is 0.106. The van der Waals surface area contributed by atoms with Gasteiger partial charge >= 0.3 is 6.03 Å². The van der Waals surface area contributed by atoms with Gasteiger partial charge in [0.25, 0.3) is 0 Å². The lowest BCUT2D eigenvalue weighted by Crippen LogP contribution is -2.42. The quantitative estimate of drug-likeness (QED) is 0.626. The van der Waals surface area contributed by atoms with E-state index in [-0.39, 0.29) is 12.5 Å². The minimum Gasteiger partial charge on any atom is -0.497 e. The highest BCUT2D eigenvalue weighted by atomic mass is 35.5. The number of carbonyl (C=O) groups excluding carboxylic acids is 2. The third-order valence-corrected chi connectivity index (χ3v) is 4.12. The molecule has 3 N–H and O–H groups in total. The van der Waals surface area contributed by atoms with E-state index in [0.717, 1.165) is 16.9 Å². The van der Waals surface area contributed by atoms with Crippen molar-refractivity contribution in [3.8, 4) is 5.75 Å². The van der Waals surface area contributed by atoms with E-state index in [4.69, 9.17) is 27.9 Å². The normalized spacial score (nSPS) is 10.2. The van der Waals surface area contributed by atoms with Crippen molar-refractivity contribution in [3.63, 3.8) is 0 Å². The molecule has 0 radical (unpaired) electrons. The van der Waals surface area contributed by atoms with Gasteiger partial charge in [-0.2, -0.15) is 0 Å². The number of nitrogens with one attached hydrogen (secondary N) is 3. The van der Waals surface area contributed by atoms with Crippen molar-refractivity contribution < 1.29 is 14.3 Å². The lowest BCUT2D eigenvalue weighted by atomic mass is 10.1. The van der Waals surface area contributed by atoms with Gasteiger partial charge in [0.1, 0.15) is 5.75 Å². The summed E-state index contributed by atoms with van der Waals surface area (Å²) in [6.45, 7) is 0.669. The summed E-state index contributed by atoms with van der Waals surface area (Å²) in [6, 6.07) is 12.2. The first-order chi connectivity index (χ1) is 13.0. The summed E-state index contributed by atoms with van der Waals surface area (Å²) >= 11 is 11.9. The van der Waals surface area contributed by atoms with E-state index in [1.54, 1.807) is 25.3 Å². The second-order valence-corrected chi connectivity index (χ2v) is 6.63. The van der Waals surface area contributed by atoms with Gasteiger partial charge in [0.05, 0.1) is 13.7 Å². The molecule has 0 heterocycles. The van der Waals surface area contributed by atoms with Crippen LogP contribution in [0.4, 0.5) is 4.79 Å². The number of benzene rings is 2. The first kappa shape index (κ1) is 20.9. The van der Waals surface area contributed by atoms with Crippen LogP contribution in [-0.4, -0.2) is 32.1 Å². The maximum absolute atomic E-state index is 11.8. The Balaban J connectivity index is 1.63. The van der Waals surface area contributed by atoms with E-state index in [2.05, 4.69) is 16.0 Å². The van der Waals surface area contributed by atoms with Crippen LogP contribution < -0.4 is 20.7 Å². The summed E-state index contributed by atoms with van der Waals surface area (Å²) in [5.41, 5.74) is 1.86. The molecular formula is C19H21Cl2N3O3. The zero-order valence-electron chi connectivity index (χ0n) is 14.9. The van der Waals surface area contributed by atoms with E-state index in [1.165, 1.54) is 0 Å². The van der Waals surface area contributed by atoms with Crippen LogP contribution in [-0.2, 0) is 17.8 Å². The van der Waals surface area contributed by atoms with Crippen molar-refractivity contribution in [2.75, 3.05) is 20.2 Å². The maximum atomic E-state index is 11.8. The molecule has 0 atom stereocenters. The van der Waals surface area contributed by atoms with Crippen molar-refractivity contribution in [1.82, 2.24) is 16.0 Å². The summed E-state index contributed by atoms with van der Waals surface area (Å²) in [4.78, 5) is 23.6. The van der Waals surface area contributed by atoms with Crippen LogP contribution in [0, 0.1) is 0 Å². The summed E-state index contributed by atoms with van der Waals surface area (Å²) in [5, 5.41) is 9.03. The summed E-state index contributed by atoms with van der Waals surface area (Å²) in [6.07, 6.45) is 0.581. The van der Waals surface area contributed by atoms with Gasteiger partial charge in [0, 0.05) is 23.1 Å². The van der Waals surface area contributed by atoms with E-state index in [1.807, 2.05) is 24.3 Å². The third-order valence-electron chi connectivity index (χ3n) is 3.68. The standard InChI is InChI=1S/C19H21Cl2N3O3/c1-27-17-4-2-13(3-5-17)11-23-18(25)12-24-19(26)22-7-6-14-8-15(20)10-16(21)9-14/h2-5,8-10H,6-7,11-12H2,1H3,(H,23,25)(H2,22,24,26). The molecule has 8 heteroatoms. The predicted molar refractivity (Wildman–Crippen MR) is 106 cm³/mol. The van der Waals surface area contributed by atoms with Gasteiger partial charge in [0.2, 0.25) is 5.91 Å². The van der Waals surface area contributed by atoms with Crippen LogP contribution >= 0.6 is 23.2 Å². The molecule has 0 aliphatic rings. The summed E-state index contributed by atoms with van der Waals surface area (Å²) in [7, 11) is 1.59. The molecule has 3 amide bonds. The third kappa shape index (κ3) is 7.76. The smallest absolute Gasteiger partial charge is 0.315 e. The highest BCUT2D eigenvalue weighted by molar-refractivity contribution is 6.34. The Morgan fingerprint density at radius 1 is 0.926 bits per heavy atom. The fraction of sp³-hybridized carbons (Fsp3) is 0.263. The number of rotatable bonds is 8. The van der Waals surface area contributed by atoms with Crippen LogP contribution in [0.2, 0.25) is 10.0 Å². The topological polar surface area (TPSA) is 79.5 Å². The van der Waals surface area contributed by atoms with E-state index < -0.39 is 6.03 Å². The summed E-state index contributed by atoms with van der Waals surface area (Å²) < 4.78 is 5.08. The molecule has 2 aromatic rings. The lowest BCUT2D eigenvalue weighted by Gasteiger charge is -2.09. The van der Waals surface area contributed by atoms with Gasteiger partial charge in [-0.05, 0) is 47.9 Å². The van der Waals surface area contributed by atoms with Crippen molar-refractivity contribution >= 4 is 35.1 Å².